The van der Waals surface area contributed by atoms with E-state index in [0.29, 0.717) is 19.6 Å². The molecule has 1 amide bonds. The minimum Gasteiger partial charge on any atom is -0.339 e. The molecule has 9 heteroatoms. The van der Waals surface area contributed by atoms with Gasteiger partial charge in [0.05, 0.1) is 16.5 Å². The van der Waals surface area contributed by atoms with Gasteiger partial charge in [-0.1, -0.05) is 32.4 Å². The molecule has 1 aromatic rings. The van der Waals surface area contributed by atoms with Crippen molar-refractivity contribution in [3.63, 3.8) is 0 Å². The summed E-state index contributed by atoms with van der Waals surface area (Å²) >= 11 is 5.70. The van der Waals surface area contributed by atoms with Gasteiger partial charge < -0.3 is 4.90 Å². The van der Waals surface area contributed by atoms with E-state index in [1.54, 1.807) is 4.90 Å². The number of halogens is 2. The second-order valence-corrected chi connectivity index (χ2v) is 10.4. The second kappa shape index (κ2) is 8.43. The van der Waals surface area contributed by atoms with Crippen molar-refractivity contribution < 1.29 is 17.6 Å². The topological polar surface area (TPSA) is 60.9 Å². The summed E-state index contributed by atoms with van der Waals surface area (Å²) in [6.07, 6.45) is 0. The van der Waals surface area contributed by atoms with Crippen molar-refractivity contribution in [1.82, 2.24) is 14.1 Å². The Hall–Kier alpha value is -1.22. The fraction of sp³-hybridized carbons (Fsp3) is 0.611. The third kappa shape index (κ3) is 5.88. The lowest BCUT2D eigenvalue weighted by atomic mass is 9.96. The zero-order chi connectivity index (χ0) is 20.4. The maximum atomic E-state index is 13.3. The number of carbonyl (C=O) groups is 1. The van der Waals surface area contributed by atoms with Crippen molar-refractivity contribution in [2.24, 2.45) is 5.41 Å². The zero-order valence-corrected chi connectivity index (χ0v) is 17.8. The molecular formula is C18H27ClFN3O3S. The molecule has 0 aliphatic carbocycles. The van der Waals surface area contributed by atoms with E-state index in [1.807, 2.05) is 11.9 Å². The number of piperazine rings is 1. The molecule has 0 atom stereocenters. The average Bonchev–Trinajstić information content (AvgIpc) is 2.55. The van der Waals surface area contributed by atoms with Gasteiger partial charge in [0.25, 0.3) is 0 Å². The smallest absolute Gasteiger partial charge is 0.243 e. The minimum atomic E-state index is -3.76. The predicted molar refractivity (Wildman–Crippen MR) is 104 cm³/mol. The number of likely N-dealkylation sites (N-methyl/N-ethyl adjacent to an activating group) is 1. The largest absolute Gasteiger partial charge is 0.339 e. The average molecular weight is 420 g/mol. The number of sulfonamides is 1. The van der Waals surface area contributed by atoms with Crippen LogP contribution in [0.3, 0.4) is 0 Å². The standard InChI is InChI=1S/C18H27ClFN3O3S/c1-18(2,3)13-21(4)12-17(24)22-7-9-23(10-8-22)27(25,26)14-5-6-16(20)15(19)11-14/h5-6,11H,7-10,12-13H2,1-4H3. The monoisotopic (exact) mass is 419 g/mol. The van der Waals surface area contributed by atoms with Crippen LogP contribution in [0, 0.1) is 11.2 Å². The molecule has 0 spiro atoms. The summed E-state index contributed by atoms with van der Waals surface area (Å²) in [5, 5.41) is -0.230. The van der Waals surface area contributed by atoms with Crippen LogP contribution in [0.4, 0.5) is 4.39 Å². The Morgan fingerprint density at radius 3 is 2.33 bits per heavy atom. The van der Waals surface area contributed by atoms with Gasteiger partial charge >= 0.3 is 0 Å². The van der Waals surface area contributed by atoms with Crippen LogP contribution in [0.2, 0.25) is 5.02 Å². The van der Waals surface area contributed by atoms with Crippen molar-refractivity contribution in [3.05, 3.63) is 29.0 Å². The molecular weight excluding hydrogens is 393 g/mol. The molecule has 0 saturated carbocycles. The Labute approximate surface area is 165 Å². The van der Waals surface area contributed by atoms with Crippen LogP contribution in [0.1, 0.15) is 20.8 Å². The van der Waals surface area contributed by atoms with E-state index < -0.39 is 15.8 Å². The maximum Gasteiger partial charge on any atom is 0.243 e. The van der Waals surface area contributed by atoms with Crippen LogP contribution in [-0.2, 0) is 14.8 Å². The van der Waals surface area contributed by atoms with Gasteiger partial charge in [0.2, 0.25) is 15.9 Å². The van der Waals surface area contributed by atoms with Crippen LogP contribution < -0.4 is 0 Å². The van der Waals surface area contributed by atoms with Crippen molar-refractivity contribution in [2.75, 3.05) is 46.3 Å². The summed E-state index contributed by atoms with van der Waals surface area (Å²) in [6.45, 7) is 8.48. The third-order valence-electron chi connectivity index (χ3n) is 4.27. The zero-order valence-electron chi connectivity index (χ0n) is 16.2. The van der Waals surface area contributed by atoms with Crippen molar-refractivity contribution in [3.8, 4) is 0 Å². The van der Waals surface area contributed by atoms with Crippen LogP contribution in [0.5, 0.6) is 0 Å². The van der Waals surface area contributed by atoms with Crippen LogP contribution in [-0.4, -0.2) is 74.7 Å². The highest BCUT2D eigenvalue weighted by atomic mass is 35.5. The van der Waals surface area contributed by atoms with Crippen molar-refractivity contribution in [1.29, 1.82) is 0 Å². The van der Waals surface area contributed by atoms with Gasteiger partial charge in [-0.25, -0.2) is 12.8 Å². The molecule has 0 radical (unpaired) electrons. The third-order valence-corrected chi connectivity index (χ3v) is 6.45. The highest BCUT2D eigenvalue weighted by Gasteiger charge is 2.31. The van der Waals surface area contributed by atoms with Crippen LogP contribution in [0.25, 0.3) is 0 Å². The molecule has 1 fully saturated rings. The summed E-state index contributed by atoms with van der Waals surface area (Å²) in [5.74, 6) is -0.672. The van der Waals surface area contributed by atoms with Crippen molar-refractivity contribution >= 4 is 27.5 Å². The molecule has 6 nitrogen and oxygen atoms in total. The summed E-state index contributed by atoms with van der Waals surface area (Å²) < 4.78 is 40.0. The van der Waals surface area contributed by atoms with Crippen LogP contribution in [0.15, 0.2) is 23.1 Å². The molecule has 1 saturated heterocycles. The van der Waals surface area contributed by atoms with E-state index in [9.17, 15) is 17.6 Å². The Kier molecular flexibility index (Phi) is 6.89. The molecule has 1 heterocycles. The van der Waals surface area contributed by atoms with E-state index in [1.165, 1.54) is 10.4 Å². The lowest BCUT2D eigenvalue weighted by Gasteiger charge is -2.35. The number of hydrogen-bond acceptors (Lipinski definition) is 4. The van der Waals surface area contributed by atoms with E-state index in [-0.39, 0.29) is 34.3 Å². The van der Waals surface area contributed by atoms with Gasteiger partial charge in [-0.05, 0) is 30.7 Å². The highest BCUT2D eigenvalue weighted by Crippen LogP contribution is 2.23. The fourth-order valence-corrected chi connectivity index (χ4v) is 4.85. The summed E-state index contributed by atoms with van der Waals surface area (Å²) in [6, 6.07) is 3.36. The Morgan fingerprint density at radius 1 is 1.22 bits per heavy atom. The van der Waals surface area contributed by atoms with Gasteiger partial charge in [-0.15, -0.1) is 0 Å². The van der Waals surface area contributed by atoms with Crippen LogP contribution >= 0.6 is 11.6 Å². The quantitative estimate of drug-likeness (QED) is 0.734. The molecule has 1 aliphatic heterocycles. The number of amides is 1. The summed E-state index contributed by atoms with van der Waals surface area (Å²) in [7, 11) is -1.86. The molecule has 27 heavy (non-hydrogen) atoms. The molecule has 0 N–H and O–H groups in total. The van der Waals surface area contributed by atoms with Gasteiger partial charge in [0.1, 0.15) is 5.82 Å². The Morgan fingerprint density at radius 2 is 1.81 bits per heavy atom. The lowest BCUT2D eigenvalue weighted by molar-refractivity contribution is -0.133. The first-order chi connectivity index (χ1) is 12.4. The molecule has 152 valence electrons. The first-order valence-electron chi connectivity index (χ1n) is 8.82. The number of nitrogens with zero attached hydrogens (tertiary/aromatic N) is 3. The summed E-state index contributed by atoms with van der Waals surface area (Å²) in [5.41, 5.74) is 0.0955. The number of rotatable bonds is 5. The number of benzene rings is 1. The van der Waals surface area contributed by atoms with Gasteiger partial charge in [-0.3, -0.25) is 9.69 Å². The Balaban J connectivity index is 1.96. The molecule has 1 aromatic carbocycles. The van der Waals surface area contributed by atoms with Crippen molar-refractivity contribution in [2.45, 2.75) is 25.7 Å². The van der Waals surface area contributed by atoms with E-state index in [4.69, 9.17) is 11.6 Å². The first kappa shape index (κ1) is 22.1. The number of carbonyl (C=O) groups excluding carboxylic acids is 1. The normalized spacial score (nSPS) is 16.8. The summed E-state index contributed by atoms with van der Waals surface area (Å²) in [4.78, 5) is 16.1. The molecule has 1 aliphatic rings. The van der Waals surface area contributed by atoms with Gasteiger partial charge in [-0.2, -0.15) is 4.31 Å². The lowest BCUT2D eigenvalue weighted by Crippen LogP contribution is -2.52. The second-order valence-electron chi connectivity index (χ2n) is 8.09. The van der Waals surface area contributed by atoms with E-state index in [0.717, 1.165) is 18.7 Å². The molecule has 0 aromatic heterocycles. The maximum absolute atomic E-state index is 13.3. The SMILES string of the molecule is CN(CC(=O)N1CCN(S(=O)(=O)c2ccc(F)c(Cl)c2)CC1)CC(C)(C)C. The van der Waals surface area contributed by atoms with E-state index in [2.05, 4.69) is 20.8 Å². The predicted octanol–water partition coefficient (Wildman–Crippen LogP) is 2.29. The molecule has 2 rings (SSSR count). The number of hydrogen-bond donors (Lipinski definition) is 0. The molecule has 0 bridgehead atoms. The minimum absolute atomic E-state index is 0.0105. The first-order valence-corrected chi connectivity index (χ1v) is 10.6. The fourth-order valence-electron chi connectivity index (χ4n) is 3.16. The highest BCUT2D eigenvalue weighted by molar-refractivity contribution is 7.89. The van der Waals surface area contributed by atoms with Gasteiger partial charge in [0.15, 0.2) is 0 Å². The Bertz CT molecular complexity index is 788. The molecule has 0 unspecified atom stereocenters. The van der Waals surface area contributed by atoms with Gasteiger partial charge in [0, 0.05) is 32.7 Å². The van der Waals surface area contributed by atoms with E-state index >= 15 is 0 Å².